The van der Waals surface area contributed by atoms with E-state index in [4.69, 9.17) is 0 Å². The third-order valence-corrected chi connectivity index (χ3v) is 1.46. The highest BCUT2D eigenvalue weighted by Gasteiger charge is 1.90. The van der Waals surface area contributed by atoms with Crippen LogP contribution in [0, 0.1) is 0 Å². The van der Waals surface area contributed by atoms with Crippen molar-refractivity contribution in [2.75, 3.05) is 0 Å². The number of H-pyrrole nitrogens is 1. The Morgan fingerprint density at radius 3 is 2.86 bits per heavy atom. The van der Waals surface area contributed by atoms with Gasteiger partial charge in [0.05, 0.1) is 18.6 Å². The Labute approximate surface area is 79.0 Å². The fraction of sp³-hybridized carbons (Fsp3) is 0. The Kier molecular flexibility index (Phi) is 2.46. The van der Waals surface area contributed by atoms with Crippen LogP contribution in [0.4, 0.5) is 0 Å². The SMILES string of the molecule is c1cocn1.c1ncc2[nH]ncc2n1. The van der Waals surface area contributed by atoms with Gasteiger partial charge in [-0.15, -0.1) is 0 Å². The molecule has 6 heteroatoms. The summed E-state index contributed by atoms with van der Waals surface area (Å²) in [6.07, 6.45) is 9.32. The molecule has 0 radical (unpaired) electrons. The van der Waals surface area contributed by atoms with Gasteiger partial charge in [-0.3, -0.25) is 5.10 Å². The van der Waals surface area contributed by atoms with Crippen LogP contribution < -0.4 is 0 Å². The van der Waals surface area contributed by atoms with Gasteiger partial charge in [0.1, 0.15) is 23.6 Å². The Balaban J connectivity index is 0.000000128. The van der Waals surface area contributed by atoms with Gasteiger partial charge in [0.15, 0.2) is 6.39 Å². The fourth-order valence-corrected chi connectivity index (χ4v) is 0.867. The van der Waals surface area contributed by atoms with Crippen molar-refractivity contribution in [3.05, 3.63) is 37.6 Å². The molecule has 14 heavy (non-hydrogen) atoms. The predicted octanol–water partition coefficient (Wildman–Crippen LogP) is 1.03. The summed E-state index contributed by atoms with van der Waals surface area (Å²) in [5.74, 6) is 0. The summed E-state index contributed by atoms with van der Waals surface area (Å²) in [6.45, 7) is 0. The number of aromatic amines is 1. The highest BCUT2D eigenvalue weighted by molar-refractivity contribution is 5.71. The molecule has 0 unspecified atom stereocenters. The molecule has 0 aliphatic carbocycles. The fourth-order valence-electron chi connectivity index (χ4n) is 0.867. The van der Waals surface area contributed by atoms with Crippen molar-refractivity contribution < 1.29 is 4.42 Å². The quantitative estimate of drug-likeness (QED) is 0.571. The molecular weight excluding hydrogens is 182 g/mol. The van der Waals surface area contributed by atoms with Crippen molar-refractivity contribution in [2.24, 2.45) is 0 Å². The highest BCUT2D eigenvalue weighted by Crippen LogP contribution is 2.00. The van der Waals surface area contributed by atoms with Crippen LogP contribution >= 0.6 is 0 Å². The van der Waals surface area contributed by atoms with E-state index < -0.39 is 0 Å². The van der Waals surface area contributed by atoms with Crippen molar-refractivity contribution in [2.45, 2.75) is 0 Å². The Bertz CT molecular complexity index is 428. The summed E-state index contributed by atoms with van der Waals surface area (Å²) >= 11 is 0. The van der Waals surface area contributed by atoms with Crippen LogP contribution in [0.3, 0.4) is 0 Å². The molecule has 3 rings (SSSR count). The molecule has 0 fully saturated rings. The van der Waals surface area contributed by atoms with Crippen LogP contribution in [0.25, 0.3) is 11.0 Å². The van der Waals surface area contributed by atoms with Gasteiger partial charge < -0.3 is 4.42 Å². The van der Waals surface area contributed by atoms with Gasteiger partial charge in [-0.05, 0) is 0 Å². The number of oxazole rings is 1. The summed E-state index contributed by atoms with van der Waals surface area (Å²) < 4.78 is 4.47. The van der Waals surface area contributed by atoms with E-state index >= 15 is 0 Å². The number of fused-ring (bicyclic) bond motifs is 1. The summed E-state index contributed by atoms with van der Waals surface area (Å²) in [5, 5.41) is 6.52. The molecule has 0 amide bonds. The molecule has 0 aromatic carbocycles. The molecule has 0 saturated heterocycles. The molecular formula is C8H7N5O. The average Bonchev–Trinajstić information content (AvgIpc) is 2.92. The van der Waals surface area contributed by atoms with Crippen LogP contribution in [-0.2, 0) is 0 Å². The minimum absolute atomic E-state index is 0.852. The molecule has 3 heterocycles. The van der Waals surface area contributed by atoms with Gasteiger partial charge >= 0.3 is 0 Å². The molecule has 3 aromatic heterocycles. The Morgan fingerprint density at radius 2 is 2.21 bits per heavy atom. The standard InChI is InChI=1S/C5H4N4.C3H3NO/c1-5-4(2-8-9-5)7-3-6-1;1-2-5-3-4-1/h1-3H,(H,8,9);1-3H. The van der Waals surface area contributed by atoms with E-state index in [1.807, 2.05) is 0 Å². The van der Waals surface area contributed by atoms with Crippen molar-refractivity contribution in [1.29, 1.82) is 0 Å². The maximum absolute atomic E-state index is 4.47. The van der Waals surface area contributed by atoms with Crippen LogP contribution in [0.2, 0.25) is 0 Å². The zero-order chi connectivity index (χ0) is 9.64. The summed E-state index contributed by atoms with van der Waals surface area (Å²) in [5.41, 5.74) is 1.72. The maximum atomic E-state index is 4.47. The van der Waals surface area contributed by atoms with E-state index in [9.17, 15) is 0 Å². The topological polar surface area (TPSA) is 80.5 Å². The van der Waals surface area contributed by atoms with Crippen molar-refractivity contribution in [3.8, 4) is 0 Å². The van der Waals surface area contributed by atoms with Gasteiger partial charge in [0.2, 0.25) is 0 Å². The third kappa shape index (κ3) is 1.92. The van der Waals surface area contributed by atoms with E-state index in [2.05, 4.69) is 29.6 Å². The lowest BCUT2D eigenvalue weighted by Crippen LogP contribution is -1.74. The lowest BCUT2D eigenvalue weighted by molar-refractivity contribution is 0.558. The molecule has 0 saturated carbocycles. The number of hydrogen-bond donors (Lipinski definition) is 1. The molecule has 3 aromatic rings. The lowest BCUT2D eigenvalue weighted by atomic mass is 10.5. The second-order valence-electron chi connectivity index (χ2n) is 2.37. The van der Waals surface area contributed by atoms with Gasteiger partial charge in [0, 0.05) is 0 Å². The number of nitrogens with one attached hydrogen (secondary N) is 1. The minimum Gasteiger partial charge on any atom is -0.452 e. The zero-order valence-corrected chi connectivity index (χ0v) is 7.16. The van der Waals surface area contributed by atoms with Crippen LogP contribution in [-0.4, -0.2) is 25.1 Å². The van der Waals surface area contributed by atoms with Crippen LogP contribution in [0.1, 0.15) is 0 Å². The maximum Gasteiger partial charge on any atom is 0.180 e. The minimum atomic E-state index is 0.852. The third-order valence-electron chi connectivity index (χ3n) is 1.46. The second kappa shape index (κ2) is 4.13. The molecule has 1 N–H and O–H groups in total. The van der Waals surface area contributed by atoms with Gasteiger partial charge in [0.25, 0.3) is 0 Å². The molecule has 0 bridgehead atoms. The lowest BCUT2D eigenvalue weighted by Gasteiger charge is -1.80. The number of hydrogen-bond acceptors (Lipinski definition) is 5. The molecule has 6 nitrogen and oxygen atoms in total. The van der Waals surface area contributed by atoms with Gasteiger partial charge in [-0.2, -0.15) is 5.10 Å². The van der Waals surface area contributed by atoms with Crippen molar-refractivity contribution in [1.82, 2.24) is 25.1 Å². The zero-order valence-electron chi connectivity index (χ0n) is 7.16. The molecule has 0 atom stereocenters. The highest BCUT2D eigenvalue weighted by atomic mass is 16.3. The second-order valence-corrected chi connectivity index (χ2v) is 2.37. The van der Waals surface area contributed by atoms with E-state index in [-0.39, 0.29) is 0 Å². The Morgan fingerprint density at radius 1 is 1.21 bits per heavy atom. The van der Waals surface area contributed by atoms with Crippen molar-refractivity contribution >= 4 is 11.0 Å². The van der Waals surface area contributed by atoms with E-state index in [1.54, 1.807) is 18.6 Å². The van der Waals surface area contributed by atoms with Crippen LogP contribution in [0.15, 0.2) is 42.0 Å². The summed E-state index contributed by atoms with van der Waals surface area (Å²) in [4.78, 5) is 11.3. The van der Waals surface area contributed by atoms with Gasteiger partial charge in [-0.1, -0.05) is 0 Å². The predicted molar refractivity (Wildman–Crippen MR) is 48.2 cm³/mol. The monoisotopic (exact) mass is 189 g/mol. The smallest absolute Gasteiger partial charge is 0.180 e. The normalized spacial score (nSPS) is 9.43. The summed E-state index contributed by atoms with van der Waals surface area (Å²) in [7, 11) is 0. The molecule has 70 valence electrons. The first kappa shape index (κ1) is 8.36. The average molecular weight is 189 g/mol. The van der Waals surface area contributed by atoms with E-state index in [1.165, 1.54) is 19.0 Å². The first-order chi connectivity index (χ1) is 6.97. The van der Waals surface area contributed by atoms with Gasteiger partial charge in [-0.25, -0.2) is 15.0 Å². The molecule has 0 aliphatic rings. The molecule has 0 aliphatic heterocycles. The first-order valence-electron chi connectivity index (χ1n) is 3.88. The Hall–Kier alpha value is -2.24. The largest absolute Gasteiger partial charge is 0.452 e. The summed E-state index contributed by atoms with van der Waals surface area (Å²) in [6, 6.07) is 0. The number of rotatable bonds is 0. The van der Waals surface area contributed by atoms with E-state index in [0.717, 1.165) is 11.0 Å². The number of nitrogens with zero attached hydrogens (tertiary/aromatic N) is 4. The first-order valence-corrected chi connectivity index (χ1v) is 3.88. The van der Waals surface area contributed by atoms with E-state index in [0.29, 0.717) is 0 Å². The van der Waals surface area contributed by atoms with Crippen LogP contribution in [0.5, 0.6) is 0 Å². The molecule has 0 spiro atoms. The number of aromatic nitrogens is 5. The van der Waals surface area contributed by atoms with Crippen molar-refractivity contribution in [3.63, 3.8) is 0 Å².